The van der Waals surface area contributed by atoms with Crippen LogP contribution in [0.25, 0.3) is 0 Å². The minimum absolute atomic E-state index is 0.209. The van der Waals surface area contributed by atoms with E-state index in [-0.39, 0.29) is 12.5 Å². The van der Waals surface area contributed by atoms with Crippen LogP contribution >= 0.6 is 0 Å². The Kier molecular flexibility index (Phi) is 7.04. The van der Waals surface area contributed by atoms with Crippen molar-refractivity contribution in [2.75, 3.05) is 6.54 Å². The van der Waals surface area contributed by atoms with Gasteiger partial charge in [-0.1, -0.05) is 18.2 Å². The van der Waals surface area contributed by atoms with Crippen molar-refractivity contribution in [2.45, 2.75) is 52.7 Å². The molecule has 2 N–H and O–H groups in total. The summed E-state index contributed by atoms with van der Waals surface area (Å²) in [5.74, 6) is -0.209. The van der Waals surface area contributed by atoms with Gasteiger partial charge in [0.1, 0.15) is 5.60 Å². The zero-order valence-electron chi connectivity index (χ0n) is 13.2. The summed E-state index contributed by atoms with van der Waals surface area (Å²) >= 11 is 0. The van der Waals surface area contributed by atoms with Gasteiger partial charge in [0.05, 0.1) is 5.54 Å². The molecule has 0 radical (unpaired) electrons. The van der Waals surface area contributed by atoms with Crippen LogP contribution in [-0.4, -0.2) is 29.7 Å². The lowest BCUT2D eigenvalue weighted by atomic mass is 10.1. The molecule has 0 heterocycles. The first-order valence-electron chi connectivity index (χ1n) is 6.64. The highest BCUT2D eigenvalue weighted by Gasteiger charge is 2.22. The number of rotatable bonds is 5. The quantitative estimate of drug-likeness (QED) is 0.601. The maximum Gasteiger partial charge on any atom is 0.407 e. The lowest BCUT2D eigenvalue weighted by molar-refractivity contribution is -0.118. The summed E-state index contributed by atoms with van der Waals surface area (Å²) in [6, 6.07) is 0. The van der Waals surface area contributed by atoms with E-state index in [4.69, 9.17) is 4.74 Å². The fraction of sp³-hybridized carbons (Fsp3) is 0.600. The van der Waals surface area contributed by atoms with Crippen molar-refractivity contribution >= 4 is 12.0 Å². The van der Waals surface area contributed by atoms with Gasteiger partial charge in [0, 0.05) is 12.6 Å². The van der Waals surface area contributed by atoms with Gasteiger partial charge in [-0.3, -0.25) is 4.79 Å². The van der Waals surface area contributed by atoms with E-state index in [1.165, 1.54) is 6.08 Å². The number of ether oxygens (including phenoxy) is 1. The molecular weight excluding hydrogens is 256 g/mol. The second-order valence-corrected chi connectivity index (χ2v) is 6.11. The SMILES string of the molecule is CC=CC=CC(=O)NC(C)(C)CNC(=O)OC(C)(C)C. The van der Waals surface area contributed by atoms with Gasteiger partial charge in [-0.15, -0.1) is 0 Å². The van der Waals surface area contributed by atoms with Gasteiger partial charge in [0.25, 0.3) is 0 Å². The molecule has 0 fully saturated rings. The summed E-state index contributed by atoms with van der Waals surface area (Å²) < 4.78 is 5.13. The van der Waals surface area contributed by atoms with Gasteiger partial charge in [-0.2, -0.15) is 0 Å². The molecule has 0 aliphatic carbocycles. The summed E-state index contributed by atoms with van der Waals surface area (Å²) in [4.78, 5) is 23.2. The average molecular weight is 282 g/mol. The predicted octanol–water partition coefficient (Wildman–Crippen LogP) is 2.54. The van der Waals surface area contributed by atoms with Crippen molar-refractivity contribution in [3.8, 4) is 0 Å². The molecule has 5 nitrogen and oxygen atoms in total. The maximum atomic E-state index is 11.6. The lowest BCUT2D eigenvalue weighted by Crippen LogP contribution is -2.51. The zero-order chi connectivity index (χ0) is 15.8. The van der Waals surface area contributed by atoms with E-state index >= 15 is 0 Å². The molecule has 0 atom stereocenters. The summed E-state index contributed by atoms with van der Waals surface area (Å²) in [5, 5.41) is 5.44. The number of amides is 2. The molecule has 0 saturated carbocycles. The van der Waals surface area contributed by atoms with Crippen molar-refractivity contribution < 1.29 is 14.3 Å². The standard InChI is InChI=1S/C15H26N2O3/c1-7-8-9-10-12(18)17-15(5,6)11-16-13(19)20-14(2,3)4/h7-10H,11H2,1-6H3,(H,16,19)(H,17,18). The first-order valence-corrected chi connectivity index (χ1v) is 6.64. The van der Waals surface area contributed by atoms with Crippen molar-refractivity contribution in [3.63, 3.8) is 0 Å². The van der Waals surface area contributed by atoms with E-state index in [9.17, 15) is 9.59 Å². The molecule has 2 amide bonds. The Bertz CT molecular complexity index is 390. The molecule has 0 aromatic heterocycles. The van der Waals surface area contributed by atoms with Crippen molar-refractivity contribution in [1.82, 2.24) is 10.6 Å². The third-order valence-electron chi connectivity index (χ3n) is 2.09. The first-order chi connectivity index (χ1) is 9.06. The number of hydrogen-bond donors (Lipinski definition) is 2. The van der Waals surface area contributed by atoms with Crippen LogP contribution < -0.4 is 10.6 Å². The second kappa shape index (κ2) is 7.72. The summed E-state index contributed by atoms with van der Waals surface area (Å²) in [6.45, 7) is 11.2. The van der Waals surface area contributed by atoms with E-state index in [0.717, 1.165) is 0 Å². The van der Waals surface area contributed by atoms with E-state index in [0.29, 0.717) is 0 Å². The molecule has 0 rings (SSSR count). The molecule has 0 unspecified atom stereocenters. The van der Waals surface area contributed by atoms with Crippen LogP contribution in [0.1, 0.15) is 41.5 Å². The minimum Gasteiger partial charge on any atom is -0.444 e. The van der Waals surface area contributed by atoms with Crippen LogP contribution in [0.2, 0.25) is 0 Å². The monoisotopic (exact) mass is 282 g/mol. The highest BCUT2D eigenvalue weighted by Crippen LogP contribution is 2.07. The smallest absolute Gasteiger partial charge is 0.407 e. The molecule has 0 aromatic carbocycles. The molecule has 0 aliphatic rings. The van der Waals surface area contributed by atoms with E-state index < -0.39 is 17.2 Å². The Hall–Kier alpha value is -1.78. The molecule has 5 heteroatoms. The van der Waals surface area contributed by atoms with Gasteiger partial charge in [-0.25, -0.2) is 4.79 Å². The van der Waals surface area contributed by atoms with Crippen molar-refractivity contribution in [3.05, 3.63) is 24.3 Å². The summed E-state index contributed by atoms with van der Waals surface area (Å²) in [7, 11) is 0. The van der Waals surface area contributed by atoms with Crippen LogP contribution in [-0.2, 0) is 9.53 Å². The molecule has 114 valence electrons. The number of carbonyl (C=O) groups excluding carboxylic acids is 2. The fourth-order valence-electron chi connectivity index (χ4n) is 1.28. The third kappa shape index (κ3) is 10.2. The number of alkyl carbamates (subject to hydrolysis) is 1. The van der Waals surface area contributed by atoms with Gasteiger partial charge < -0.3 is 15.4 Å². The third-order valence-corrected chi connectivity index (χ3v) is 2.09. The van der Waals surface area contributed by atoms with Crippen molar-refractivity contribution in [2.24, 2.45) is 0 Å². The van der Waals surface area contributed by atoms with Crippen LogP contribution in [0.15, 0.2) is 24.3 Å². The molecule has 0 bridgehead atoms. The molecule has 0 spiro atoms. The summed E-state index contributed by atoms with van der Waals surface area (Å²) in [6.07, 6.45) is 6.20. The number of nitrogens with one attached hydrogen (secondary N) is 2. The highest BCUT2D eigenvalue weighted by atomic mass is 16.6. The first kappa shape index (κ1) is 18.2. The van der Waals surface area contributed by atoms with Crippen LogP contribution in [0.4, 0.5) is 4.79 Å². The molecule has 0 aromatic rings. The highest BCUT2D eigenvalue weighted by molar-refractivity contribution is 5.88. The van der Waals surface area contributed by atoms with Crippen molar-refractivity contribution in [1.29, 1.82) is 0 Å². The van der Waals surface area contributed by atoms with Gasteiger partial charge in [0.2, 0.25) is 5.91 Å². The fourth-order valence-corrected chi connectivity index (χ4v) is 1.28. The summed E-state index contributed by atoms with van der Waals surface area (Å²) in [5.41, 5.74) is -1.10. The Labute approximate surface area is 121 Å². The Morgan fingerprint density at radius 1 is 1.10 bits per heavy atom. The predicted molar refractivity (Wildman–Crippen MR) is 80.4 cm³/mol. The van der Waals surface area contributed by atoms with Crippen LogP contribution in [0.5, 0.6) is 0 Å². The van der Waals surface area contributed by atoms with Gasteiger partial charge in [0.15, 0.2) is 0 Å². The largest absolute Gasteiger partial charge is 0.444 e. The Morgan fingerprint density at radius 3 is 2.20 bits per heavy atom. The number of hydrogen-bond acceptors (Lipinski definition) is 3. The average Bonchev–Trinajstić information content (AvgIpc) is 2.24. The van der Waals surface area contributed by atoms with Gasteiger partial charge in [-0.05, 0) is 41.5 Å². The molecule has 20 heavy (non-hydrogen) atoms. The van der Waals surface area contributed by atoms with E-state index in [1.807, 2.05) is 26.8 Å². The lowest BCUT2D eigenvalue weighted by Gasteiger charge is -2.27. The van der Waals surface area contributed by atoms with Crippen LogP contribution in [0.3, 0.4) is 0 Å². The number of allylic oxidation sites excluding steroid dienone is 3. The zero-order valence-corrected chi connectivity index (χ0v) is 13.2. The minimum atomic E-state index is -0.561. The van der Waals surface area contributed by atoms with Gasteiger partial charge >= 0.3 is 6.09 Å². The number of carbonyl (C=O) groups is 2. The second-order valence-electron chi connectivity index (χ2n) is 6.11. The molecular formula is C15H26N2O3. The molecule has 0 aliphatic heterocycles. The maximum absolute atomic E-state index is 11.6. The van der Waals surface area contributed by atoms with E-state index in [1.54, 1.807) is 32.9 Å². The molecule has 0 saturated heterocycles. The topological polar surface area (TPSA) is 67.4 Å². The Balaban J connectivity index is 4.25. The Morgan fingerprint density at radius 2 is 1.70 bits per heavy atom. The normalized spacial score (nSPS) is 12.7. The van der Waals surface area contributed by atoms with Crippen LogP contribution in [0, 0.1) is 0 Å². The van der Waals surface area contributed by atoms with E-state index in [2.05, 4.69) is 10.6 Å².